The van der Waals surface area contributed by atoms with Crippen LogP contribution in [-0.4, -0.2) is 77.5 Å². The van der Waals surface area contributed by atoms with Crippen LogP contribution in [0.3, 0.4) is 0 Å². The predicted molar refractivity (Wildman–Crippen MR) is 148 cm³/mol. The Labute approximate surface area is 229 Å². The molecule has 0 saturated carbocycles. The van der Waals surface area contributed by atoms with Crippen LogP contribution in [0.15, 0.2) is 24.3 Å². The Bertz CT molecular complexity index is 1240. The summed E-state index contributed by atoms with van der Waals surface area (Å²) in [5.74, 6) is 1.21. The smallest absolute Gasteiger partial charge is 0.320 e. The van der Waals surface area contributed by atoms with Crippen LogP contribution in [0.1, 0.15) is 51.1 Å². The van der Waals surface area contributed by atoms with E-state index in [0.29, 0.717) is 42.1 Å². The van der Waals surface area contributed by atoms with Gasteiger partial charge >= 0.3 is 12.0 Å². The van der Waals surface area contributed by atoms with E-state index in [1.54, 1.807) is 7.11 Å². The van der Waals surface area contributed by atoms with Crippen molar-refractivity contribution >= 4 is 23.0 Å². The highest BCUT2D eigenvalue weighted by molar-refractivity contribution is 5.83. The number of rotatable bonds is 13. The van der Waals surface area contributed by atoms with Crippen molar-refractivity contribution in [2.24, 2.45) is 5.92 Å². The zero-order valence-corrected chi connectivity index (χ0v) is 23.4. The number of aromatic nitrogens is 4. The van der Waals surface area contributed by atoms with Crippen molar-refractivity contribution in [1.82, 2.24) is 24.4 Å². The third kappa shape index (κ3) is 7.08. The van der Waals surface area contributed by atoms with Crippen molar-refractivity contribution in [2.75, 3.05) is 52.8 Å². The number of hydrogen-bond donors (Lipinski definition) is 1. The molecule has 11 heteroatoms. The number of nitrogen functional groups attached to an aromatic ring is 1. The van der Waals surface area contributed by atoms with E-state index in [1.807, 2.05) is 28.8 Å². The van der Waals surface area contributed by atoms with E-state index in [4.69, 9.17) is 24.7 Å². The fraction of sp³-hybridized carbons (Fsp3) is 0.571. The molecule has 2 aromatic heterocycles. The number of nitrogens with two attached hydrogens (primary N) is 1. The van der Waals surface area contributed by atoms with E-state index in [-0.39, 0.29) is 24.4 Å². The molecule has 1 fully saturated rings. The van der Waals surface area contributed by atoms with Crippen LogP contribution in [0.4, 0.5) is 5.82 Å². The van der Waals surface area contributed by atoms with Gasteiger partial charge in [-0.2, -0.15) is 15.0 Å². The number of carbonyl (C=O) groups is 1. The number of carbonyl (C=O) groups excluding carboxylic acids is 1. The maximum atomic E-state index is 11.5. The lowest BCUT2D eigenvalue weighted by Gasteiger charge is -2.35. The molecule has 3 aromatic rings. The average molecular weight is 541 g/mol. The minimum atomic E-state index is -0.262. The zero-order chi connectivity index (χ0) is 27.8. The summed E-state index contributed by atoms with van der Waals surface area (Å²) in [7, 11) is 3.01. The molecule has 0 radical (unpaired) electrons. The number of nitrogens with zero attached hydrogens (tertiary/aromatic N) is 5. The number of fused-ring (bicyclic) bond motifs is 1. The molecule has 3 heterocycles. The molecule has 0 bridgehead atoms. The van der Waals surface area contributed by atoms with Gasteiger partial charge in [0, 0.05) is 12.6 Å². The first-order valence-corrected chi connectivity index (χ1v) is 13.7. The average Bonchev–Trinajstić information content (AvgIpc) is 3.32. The molecule has 212 valence electrons. The van der Waals surface area contributed by atoms with Crippen LogP contribution in [0.2, 0.25) is 0 Å². The summed E-state index contributed by atoms with van der Waals surface area (Å²) in [6.07, 6.45) is 4.24. The van der Waals surface area contributed by atoms with Gasteiger partial charge in [0.15, 0.2) is 17.0 Å². The van der Waals surface area contributed by atoms with Gasteiger partial charge in [-0.25, -0.2) is 0 Å². The number of likely N-dealkylation sites (tertiary alicyclic amines) is 1. The number of ether oxygens (including phenoxy) is 4. The topological polar surface area (TPSA) is 127 Å². The molecule has 1 unspecified atom stereocenters. The van der Waals surface area contributed by atoms with E-state index >= 15 is 0 Å². The summed E-state index contributed by atoms with van der Waals surface area (Å²) in [5, 5.41) is 0. The van der Waals surface area contributed by atoms with Gasteiger partial charge in [-0.3, -0.25) is 14.3 Å². The van der Waals surface area contributed by atoms with E-state index < -0.39 is 0 Å². The Morgan fingerprint density at radius 3 is 2.64 bits per heavy atom. The second-order valence-corrected chi connectivity index (χ2v) is 9.90. The molecule has 1 aromatic carbocycles. The van der Waals surface area contributed by atoms with Crippen molar-refractivity contribution in [2.45, 2.75) is 52.0 Å². The van der Waals surface area contributed by atoms with E-state index in [2.05, 4.69) is 33.7 Å². The summed E-state index contributed by atoms with van der Waals surface area (Å²) < 4.78 is 24.1. The first kappa shape index (κ1) is 28.4. The number of unbranched alkanes of at least 4 members (excludes halogenated alkanes) is 1. The van der Waals surface area contributed by atoms with Crippen molar-refractivity contribution in [3.05, 3.63) is 29.8 Å². The zero-order valence-electron chi connectivity index (χ0n) is 23.4. The first-order valence-electron chi connectivity index (χ1n) is 13.7. The fourth-order valence-electron chi connectivity index (χ4n) is 4.98. The number of methoxy groups -OCH3 is 2. The molecule has 0 spiro atoms. The van der Waals surface area contributed by atoms with Gasteiger partial charge in [0.05, 0.1) is 27.2 Å². The van der Waals surface area contributed by atoms with E-state index in [0.717, 1.165) is 56.6 Å². The monoisotopic (exact) mass is 540 g/mol. The molecular formula is C28H40N6O5. The Balaban J connectivity index is 1.34. The minimum Gasteiger partial charge on any atom is -0.492 e. The van der Waals surface area contributed by atoms with Crippen molar-refractivity contribution in [3.8, 4) is 17.8 Å². The van der Waals surface area contributed by atoms with Gasteiger partial charge in [-0.15, -0.1) is 0 Å². The second-order valence-electron chi connectivity index (χ2n) is 9.90. The molecule has 11 nitrogen and oxygen atoms in total. The highest BCUT2D eigenvalue weighted by Gasteiger charge is 2.29. The SMILES string of the molecule is CCCCOc1nc(N)c2nc(OC)n(C(C)C3CCN(CCOc4cccc(CC(=O)OC)c4)CC3)c2n1. The third-order valence-electron chi connectivity index (χ3n) is 7.30. The standard InChI is InChI=1S/C28H40N6O5/c1-5-6-15-39-27-31-25(29)24-26(32-27)34(28(30-24)37-4)19(2)21-10-12-33(13-11-21)14-16-38-22-9-7-8-20(17-22)18-23(35)36-3/h7-9,17,19,21H,5-6,10-16,18H2,1-4H3,(H2,29,31,32). The molecule has 2 N–H and O–H groups in total. The van der Waals surface area contributed by atoms with E-state index in [1.165, 1.54) is 7.11 Å². The van der Waals surface area contributed by atoms with Crippen LogP contribution in [0, 0.1) is 5.92 Å². The van der Waals surface area contributed by atoms with Crippen molar-refractivity contribution in [3.63, 3.8) is 0 Å². The number of benzene rings is 1. The van der Waals surface area contributed by atoms with Gasteiger partial charge in [0.1, 0.15) is 12.4 Å². The molecule has 1 saturated heterocycles. The summed E-state index contributed by atoms with van der Waals surface area (Å²) in [6, 6.07) is 8.46. The maximum Gasteiger partial charge on any atom is 0.320 e. The van der Waals surface area contributed by atoms with Crippen LogP contribution in [0.5, 0.6) is 17.8 Å². The number of anilines is 1. The maximum absolute atomic E-state index is 11.5. The fourth-order valence-corrected chi connectivity index (χ4v) is 4.98. The Morgan fingerprint density at radius 1 is 1.13 bits per heavy atom. The van der Waals surface area contributed by atoms with Crippen LogP contribution < -0.4 is 19.9 Å². The highest BCUT2D eigenvalue weighted by atomic mass is 16.5. The van der Waals surface area contributed by atoms with Gasteiger partial charge in [-0.05, 0) is 62.9 Å². The van der Waals surface area contributed by atoms with Crippen LogP contribution in [0.25, 0.3) is 11.2 Å². The van der Waals surface area contributed by atoms with E-state index in [9.17, 15) is 4.79 Å². The number of hydrogen-bond acceptors (Lipinski definition) is 10. The number of esters is 1. The summed E-state index contributed by atoms with van der Waals surface area (Å²) in [6.45, 7) is 8.19. The van der Waals surface area contributed by atoms with Gasteiger partial charge in [-0.1, -0.05) is 25.5 Å². The second kappa shape index (κ2) is 13.5. The molecule has 1 aliphatic rings. The lowest BCUT2D eigenvalue weighted by Crippen LogP contribution is -2.38. The normalized spacial score (nSPS) is 15.3. The predicted octanol–water partition coefficient (Wildman–Crippen LogP) is 3.66. The lowest BCUT2D eigenvalue weighted by atomic mass is 9.90. The number of imidazole rings is 1. The molecule has 1 aliphatic heterocycles. The summed E-state index contributed by atoms with van der Waals surface area (Å²) in [5.41, 5.74) is 8.27. The quantitative estimate of drug-likeness (QED) is 0.253. The minimum absolute atomic E-state index is 0.110. The van der Waals surface area contributed by atoms with Crippen LogP contribution in [-0.2, 0) is 16.0 Å². The van der Waals surface area contributed by atoms with Crippen LogP contribution >= 0.6 is 0 Å². The summed E-state index contributed by atoms with van der Waals surface area (Å²) >= 11 is 0. The molecular weight excluding hydrogens is 500 g/mol. The van der Waals surface area contributed by atoms with Gasteiger partial charge in [0.2, 0.25) is 0 Å². The molecule has 0 amide bonds. The number of piperidine rings is 1. The Hall–Kier alpha value is -3.60. The van der Waals surface area contributed by atoms with Crippen molar-refractivity contribution in [1.29, 1.82) is 0 Å². The molecule has 0 aliphatic carbocycles. The lowest BCUT2D eigenvalue weighted by molar-refractivity contribution is -0.139. The summed E-state index contributed by atoms with van der Waals surface area (Å²) in [4.78, 5) is 27.5. The Morgan fingerprint density at radius 2 is 1.92 bits per heavy atom. The molecule has 1 atom stereocenters. The Kier molecular flexibility index (Phi) is 9.80. The van der Waals surface area contributed by atoms with Gasteiger partial charge < -0.3 is 24.7 Å². The third-order valence-corrected chi connectivity index (χ3v) is 7.30. The highest BCUT2D eigenvalue weighted by Crippen LogP contribution is 2.35. The largest absolute Gasteiger partial charge is 0.492 e. The molecule has 4 rings (SSSR count). The first-order chi connectivity index (χ1) is 18.9. The van der Waals surface area contributed by atoms with Crippen molar-refractivity contribution < 1.29 is 23.7 Å². The molecule has 39 heavy (non-hydrogen) atoms. The van der Waals surface area contributed by atoms with Gasteiger partial charge in [0.25, 0.3) is 6.01 Å².